The Hall–Kier alpha value is -1.49. The van der Waals surface area contributed by atoms with Gasteiger partial charge in [0.25, 0.3) is 0 Å². The third-order valence-electron chi connectivity index (χ3n) is 2.20. The standard InChI is InChI=1S/C10H10N2O2S/c1-12-8-6-4-3-5-7(8)9(13)10(11-12)15(2)14/h3-6H,1-2H3/t15-/m1/s1. The van der Waals surface area contributed by atoms with Crippen molar-refractivity contribution in [3.05, 3.63) is 34.5 Å². The molecule has 0 radical (unpaired) electrons. The molecule has 2 rings (SSSR count). The van der Waals surface area contributed by atoms with E-state index in [1.54, 1.807) is 23.9 Å². The van der Waals surface area contributed by atoms with Crippen LogP contribution in [0, 0.1) is 0 Å². The molecule has 5 heteroatoms. The Balaban J connectivity index is 2.97. The predicted octanol–water partition coefficient (Wildman–Crippen LogP) is 0.671. The molecule has 1 aromatic heterocycles. The molecule has 1 heterocycles. The minimum absolute atomic E-state index is 0.108. The zero-order chi connectivity index (χ0) is 11.0. The number of benzene rings is 1. The molecular weight excluding hydrogens is 212 g/mol. The first-order chi connectivity index (χ1) is 7.11. The first kappa shape index (κ1) is 10.0. The Morgan fingerprint density at radius 2 is 2.00 bits per heavy atom. The van der Waals surface area contributed by atoms with Crippen LogP contribution in [0.2, 0.25) is 0 Å². The van der Waals surface area contributed by atoms with Crippen molar-refractivity contribution in [3.8, 4) is 0 Å². The highest BCUT2D eigenvalue weighted by atomic mass is 32.2. The number of hydrogen-bond donors (Lipinski definition) is 0. The summed E-state index contributed by atoms with van der Waals surface area (Å²) in [5.74, 6) is 0. The van der Waals surface area contributed by atoms with E-state index in [0.717, 1.165) is 5.52 Å². The molecule has 15 heavy (non-hydrogen) atoms. The number of para-hydroxylation sites is 1. The van der Waals surface area contributed by atoms with Gasteiger partial charge < -0.3 is 0 Å². The van der Waals surface area contributed by atoms with Gasteiger partial charge in [-0.2, -0.15) is 5.10 Å². The molecule has 2 aromatic rings. The number of aryl methyl sites for hydroxylation is 1. The lowest BCUT2D eigenvalue weighted by Gasteiger charge is -2.05. The first-order valence-electron chi connectivity index (χ1n) is 4.40. The van der Waals surface area contributed by atoms with Crippen LogP contribution < -0.4 is 5.43 Å². The molecule has 0 amide bonds. The second-order valence-electron chi connectivity index (χ2n) is 3.23. The molecule has 0 N–H and O–H groups in total. The van der Waals surface area contributed by atoms with E-state index in [1.807, 2.05) is 12.1 Å². The van der Waals surface area contributed by atoms with Gasteiger partial charge in [0.15, 0.2) is 5.03 Å². The van der Waals surface area contributed by atoms with Crippen LogP contribution in [0.3, 0.4) is 0 Å². The topological polar surface area (TPSA) is 52.0 Å². The number of aromatic nitrogens is 2. The molecule has 0 aliphatic carbocycles. The molecule has 0 spiro atoms. The molecule has 0 bridgehead atoms. The van der Waals surface area contributed by atoms with E-state index in [1.165, 1.54) is 6.26 Å². The lowest BCUT2D eigenvalue weighted by Crippen LogP contribution is -2.17. The number of hydrogen-bond acceptors (Lipinski definition) is 3. The second kappa shape index (κ2) is 3.58. The van der Waals surface area contributed by atoms with Gasteiger partial charge in [0.05, 0.1) is 21.7 Å². The first-order valence-corrected chi connectivity index (χ1v) is 5.96. The van der Waals surface area contributed by atoms with Crippen molar-refractivity contribution in [2.24, 2.45) is 7.05 Å². The van der Waals surface area contributed by atoms with Crippen molar-refractivity contribution in [2.75, 3.05) is 6.26 Å². The Labute approximate surface area is 89.0 Å². The Morgan fingerprint density at radius 3 is 2.67 bits per heavy atom. The Morgan fingerprint density at radius 1 is 1.33 bits per heavy atom. The van der Waals surface area contributed by atoms with Crippen LogP contribution >= 0.6 is 0 Å². The predicted molar refractivity (Wildman–Crippen MR) is 59.3 cm³/mol. The lowest BCUT2D eigenvalue weighted by molar-refractivity contribution is 0.668. The van der Waals surface area contributed by atoms with E-state index in [-0.39, 0.29) is 10.5 Å². The summed E-state index contributed by atoms with van der Waals surface area (Å²) in [5, 5.41) is 4.67. The van der Waals surface area contributed by atoms with Crippen molar-refractivity contribution >= 4 is 21.7 Å². The van der Waals surface area contributed by atoms with Gasteiger partial charge in [-0.05, 0) is 12.1 Å². The van der Waals surface area contributed by atoms with Gasteiger partial charge in [0.1, 0.15) is 0 Å². The van der Waals surface area contributed by atoms with Crippen LogP contribution in [-0.2, 0) is 17.8 Å². The maximum atomic E-state index is 11.9. The summed E-state index contributed by atoms with van der Waals surface area (Å²) in [5.41, 5.74) is 0.501. The average molecular weight is 222 g/mol. The van der Waals surface area contributed by atoms with Gasteiger partial charge >= 0.3 is 0 Å². The van der Waals surface area contributed by atoms with Gasteiger partial charge in [-0.1, -0.05) is 12.1 Å². The van der Waals surface area contributed by atoms with Crippen molar-refractivity contribution in [2.45, 2.75) is 5.03 Å². The molecular formula is C10H10N2O2S. The largest absolute Gasteiger partial charge is 0.286 e. The summed E-state index contributed by atoms with van der Waals surface area (Å²) >= 11 is 0. The quantitative estimate of drug-likeness (QED) is 0.712. The van der Waals surface area contributed by atoms with Crippen molar-refractivity contribution in [3.63, 3.8) is 0 Å². The molecule has 4 nitrogen and oxygen atoms in total. The van der Waals surface area contributed by atoms with Crippen molar-refractivity contribution in [1.29, 1.82) is 0 Å². The van der Waals surface area contributed by atoms with E-state index in [4.69, 9.17) is 0 Å². The fourth-order valence-electron chi connectivity index (χ4n) is 1.49. The van der Waals surface area contributed by atoms with Gasteiger partial charge in [-0.25, -0.2) is 0 Å². The second-order valence-corrected chi connectivity index (χ2v) is 4.52. The molecule has 0 saturated carbocycles. The summed E-state index contributed by atoms with van der Waals surface area (Å²) in [6.07, 6.45) is 1.46. The fourth-order valence-corrected chi connectivity index (χ4v) is 2.10. The lowest BCUT2D eigenvalue weighted by atomic mass is 10.2. The highest BCUT2D eigenvalue weighted by Gasteiger charge is 2.10. The van der Waals surface area contributed by atoms with E-state index in [0.29, 0.717) is 5.39 Å². The summed E-state index contributed by atoms with van der Waals surface area (Å²) < 4.78 is 12.9. The van der Waals surface area contributed by atoms with Crippen molar-refractivity contribution < 1.29 is 4.21 Å². The fraction of sp³-hybridized carbons (Fsp3) is 0.200. The number of rotatable bonds is 1. The zero-order valence-electron chi connectivity index (χ0n) is 8.43. The SMILES string of the molecule is Cn1nc([S@@](C)=O)c(=O)c2ccccc21. The van der Waals surface area contributed by atoms with Gasteiger partial charge in [-0.3, -0.25) is 13.7 Å². The van der Waals surface area contributed by atoms with Crippen LogP contribution in [0.1, 0.15) is 0 Å². The third-order valence-corrected chi connectivity index (χ3v) is 3.02. The van der Waals surface area contributed by atoms with Crippen LogP contribution in [0.5, 0.6) is 0 Å². The summed E-state index contributed by atoms with van der Waals surface area (Å²) in [6, 6.07) is 7.15. The van der Waals surface area contributed by atoms with Gasteiger partial charge in [0, 0.05) is 13.3 Å². The monoisotopic (exact) mass is 222 g/mol. The number of nitrogens with zero attached hydrogens (tertiary/aromatic N) is 2. The molecule has 0 saturated heterocycles. The highest BCUT2D eigenvalue weighted by molar-refractivity contribution is 7.84. The molecule has 0 fully saturated rings. The van der Waals surface area contributed by atoms with Gasteiger partial charge in [0.2, 0.25) is 5.43 Å². The maximum absolute atomic E-state index is 11.9. The number of fused-ring (bicyclic) bond motifs is 1. The van der Waals surface area contributed by atoms with Crippen LogP contribution in [0.4, 0.5) is 0 Å². The van der Waals surface area contributed by atoms with E-state index >= 15 is 0 Å². The maximum Gasteiger partial charge on any atom is 0.224 e. The molecule has 0 unspecified atom stereocenters. The molecule has 78 valence electrons. The van der Waals surface area contributed by atoms with Crippen LogP contribution in [-0.4, -0.2) is 20.2 Å². The van der Waals surface area contributed by atoms with E-state index in [2.05, 4.69) is 5.10 Å². The van der Waals surface area contributed by atoms with Gasteiger partial charge in [-0.15, -0.1) is 0 Å². The average Bonchev–Trinajstić information content (AvgIpc) is 2.23. The zero-order valence-corrected chi connectivity index (χ0v) is 9.25. The minimum Gasteiger partial charge on any atom is -0.286 e. The molecule has 1 aromatic carbocycles. The van der Waals surface area contributed by atoms with E-state index in [9.17, 15) is 9.00 Å². The summed E-state index contributed by atoms with van der Waals surface area (Å²) in [7, 11) is 0.383. The summed E-state index contributed by atoms with van der Waals surface area (Å²) in [4.78, 5) is 11.9. The molecule has 0 aliphatic heterocycles. The highest BCUT2D eigenvalue weighted by Crippen LogP contribution is 2.08. The van der Waals surface area contributed by atoms with Crippen molar-refractivity contribution in [1.82, 2.24) is 9.78 Å². The third kappa shape index (κ3) is 1.59. The molecule has 1 atom stereocenters. The molecule has 0 aliphatic rings. The van der Waals surface area contributed by atoms with E-state index < -0.39 is 10.8 Å². The van der Waals surface area contributed by atoms with Crippen LogP contribution in [0.15, 0.2) is 34.1 Å². The Kier molecular flexibility index (Phi) is 2.40. The minimum atomic E-state index is -1.35. The van der Waals surface area contributed by atoms with Crippen LogP contribution in [0.25, 0.3) is 10.9 Å². The Bertz CT molecular complexity index is 604. The summed E-state index contributed by atoms with van der Waals surface area (Å²) in [6.45, 7) is 0. The normalized spacial score (nSPS) is 12.9. The smallest absolute Gasteiger partial charge is 0.224 e.